The number of carbonyl (C=O) groups excluding carboxylic acids is 2. The molecule has 2 unspecified atom stereocenters. The number of thiophene rings is 1. The summed E-state index contributed by atoms with van der Waals surface area (Å²) in [6.45, 7) is 2.65. The number of rotatable bonds is 4. The molecule has 0 aliphatic carbocycles. The largest absolute Gasteiger partial charge is 0.358 e. The number of nitrogens with zero attached hydrogens (tertiary/aromatic N) is 1. The number of piperidine rings is 1. The van der Waals surface area contributed by atoms with Crippen LogP contribution in [-0.4, -0.2) is 42.3 Å². The number of halogens is 1. The third-order valence-electron chi connectivity index (χ3n) is 3.79. The van der Waals surface area contributed by atoms with E-state index in [4.69, 9.17) is 11.6 Å². The van der Waals surface area contributed by atoms with Crippen molar-refractivity contribution < 1.29 is 9.59 Å². The van der Waals surface area contributed by atoms with Gasteiger partial charge in [-0.3, -0.25) is 14.5 Å². The highest BCUT2D eigenvalue weighted by atomic mass is 35.5. The molecule has 0 radical (unpaired) electrons. The molecule has 1 aromatic heterocycles. The van der Waals surface area contributed by atoms with E-state index in [0.29, 0.717) is 9.21 Å². The zero-order valence-electron chi connectivity index (χ0n) is 11.7. The van der Waals surface area contributed by atoms with Crippen LogP contribution < -0.4 is 5.32 Å². The molecule has 2 heterocycles. The Morgan fingerprint density at radius 3 is 2.80 bits per heavy atom. The molecule has 1 amide bonds. The smallest absolute Gasteiger partial charge is 0.237 e. The maximum absolute atomic E-state index is 12.5. The van der Waals surface area contributed by atoms with Crippen molar-refractivity contribution in [1.29, 1.82) is 0 Å². The second kappa shape index (κ2) is 6.70. The summed E-state index contributed by atoms with van der Waals surface area (Å²) in [5.41, 5.74) is 0. The van der Waals surface area contributed by atoms with Gasteiger partial charge >= 0.3 is 0 Å². The van der Waals surface area contributed by atoms with Gasteiger partial charge in [-0.25, -0.2) is 0 Å². The van der Waals surface area contributed by atoms with Gasteiger partial charge in [-0.15, -0.1) is 11.3 Å². The first-order valence-electron chi connectivity index (χ1n) is 6.81. The molecule has 110 valence electrons. The topological polar surface area (TPSA) is 49.4 Å². The first-order chi connectivity index (χ1) is 9.54. The second-order valence-corrected chi connectivity index (χ2v) is 6.72. The number of likely N-dealkylation sites (N-methyl/N-ethyl adjacent to an activating group) is 1. The Morgan fingerprint density at radius 1 is 1.45 bits per heavy atom. The lowest BCUT2D eigenvalue weighted by molar-refractivity contribution is -0.127. The van der Waals surface area contributed by atoms with E-state index in [2.05, 4.69) is 5.32 Å². The van der Waals surface area contributed by atoms with E-state index in [0.717, 1.165) is 25.8 Å². The molecule has 20 heavy (non-hydrogen) atoms. The molecule has 1 saturated heterocycles. The van der Waals surface area contributed by atoms with E-state index in [1.165, 1.54) is 11.3 Å². The minimum Gasteiger partial charge on any atom is -0.358 e. The van der Waals surface area contributed by atoms with Crippen molar-refractivity contribution in [3.63, 3.8) is 0 Å². The molecule has 0 saturated carbocycles. The van der Waals surface area contributed by atoms with Crippen LogP contribution in [0, 0.1) is 0 Å². The van der Waals surface area contributed by atoms with Gasteiger partial charge in [-0.1, -0.05) is 18.0 Å². The van der Waals surface area contributed by atoms with Gasteiger partial charge in [0.1, 0.15) is 0 Å². The Labute approximate surface area is 128 Å². The first kappa shape index (κ1) is 15.5. The number of carbonyl (C=O) groups is 2. The lowest BCUT2D eigenvalue weighted by Gasteiger charge is -2.37. The average molecular weight is 315 g/mol. The summed E-state index contributed by atoms with van der Waals surface area (Å²) in [5.74, 6) is 0.0336. The second-order valence-electron chi connectivity index (χ2n) is 5.01. The number of Topliss-reactive ketones (excluding diaryl/α,β-unsaturated/α-hetero) is 1. The number of hydrogen-bond donors (Lipinski definition) is 1. The predicted octanol–water partition coefficient (Wildman–Crippen LogP) is 2.57. The van der Waals surface area contributed by atoms with E-state index in [9.17, 15) is 9.59 Å². The maximum atomic E-state index is 12.5. The third kappa shape index (κ3) is 3.22. The predicted molar refractivity (Wildman–Crippen MR) is 81.5 cm³/mol. The summed E-state index contributed by atoms with van der Waals surface area (Å²) in [5, 5.41) is 2.69. The van der Waals surface area contributed by atoms with E-state index in [-0.39, 0.29) is 23.8 Å². The van der Waals surface area contributed by atoms with Crippen molar-refractivity contribution in [2.75, 3.05) is 13.6 Å². The van der Waals surface area contributed by atoms with Crippen LogP contribution in [-0.2, 0) is 4.79 Å². The molecular formula is C14H19ClN2O2S. The van der Waals surface area contributed by atoms with Crippen LogP contribution in [0.5, 0.6) is 0 Å². The highest BCUT2D eigenvalue weighted by Crippen LogP contribution is 2.26. The van der Waals surface area contributed by atoms with E-state index in [1.807, 2.05) is 11.8 Å². The Bertz CT molecular complexity index is 503. The average Bonchev–Trinajstić information content (AvgIpc) is 2.91. The Balaban J connectivity index is 2.15. The van der Waals surface area contributed by atoms with Gasteiger partial charge in [0.25, 0.3) is 0 Å². The number of hydrogen-bond acceptors (Lipinski definition) is 4. The number of likely N-dealkylation sites (tertiary alicyclic amines) is 1. The van der Waals surface area contributed by atoms with Crippen LogP contribution >= 0.6 is 22.9 Å². The van der Waals surface area contributed by atoms with Crippen LogP contribution in [0.3, 0.4) is 0 Å². The van der Waals surface area contributed by atoms with Gasteiger partial charge in [0.2, 0.25) is 5.91 Å². The van der Waals surface area contributed by atoms with Crippen molar-refractivity contribution in [2.45, 2.75) is 38.3 Å². The van der Waals surface area contributed by atoms with Crippen molar-refractivity contribution >= 4 is 34.6 Å². The molecule has 1 N–H and O–H groups in total. The van der Waals surface area contributed by atoms with Gasteiger partial charge < -0.3 is 5.32 Å². The molecule has 2 atom stereocenters. The van der Waals surface area contributed by atoms with Gasteiger partial charge in [-0.2, -0.15) is 0 Å². The van der Waals surface area contributed by atoms with E-state index >= 15 is 0 Å². The summed E-state index contributed by atoms with van der Waals surface area (Å²) in [6.07, 6.45) is 2.86. The van der Waals surface area contributed by atoms with Crippen LogP contribution in [0.15, 0.2) is 12.1 Å². The van der Waals surface area contributed by atoms with Gasteiger partial charge in [0, 0.05) is 7.05 Å². The van der Waals surface area contributed by atoms with Crippen LogP contribution in [0.2, 0.25) is 4.34 Å². The molecule has 0 bridgehead atoms. The molecule has 1 aliphatic heterocycles. The highest BCUT2D eigenvalue weighted by Gasteiger charge is 2.34. The zero-order chi connectivity index (χ0) is 14.7. The molecular weight excluding hydrogens is 296 g/mol. The Kier molecular flexibility index (Phi) is 5.18. The Hall–Kier alpha value is -0.910. The summed E-state index contributed by atoms with van der Waals surface area (Å²) < 4.78 is 0.613. The Morgan fingerprint density at radius 2 is 2.20 bits per heavy atom. The minimum absolute atomic E-state index is 0.00596. The van der Waals surface area contributed by atoms with Crippen LogP contribution in [0.1, 0.15) is 35.9 Å². The minimum atomic E-state index is -0.299. The lowest BCUT2D eigenvalue weighted by Crippen LogP contribution is -2.54. The van der Waals surface area contributed by atoms with Gasteiger partial charge in [-0.05, 0) is 38.4 Å². The number of ketones is 1. The monoisotopic (exact) mass is 314 g/mol. The standard InChI is InChI=1S/C14H19ClN2O2S/c1-9(13(18)11-6-7-12(15)20-11)17-8-4-3-5-10(17)14(19)16-2/h6-7,9-10H,3-5,8H2,1-2H3,(H,16,19). The summed E-state index contributed by atoms with van der Waals surface area (Å²) in [4.78, 5) is 27.1. The number of amides is 1. The summed E-state index contributed by atoms with van der Waals surface area (Å²) in [7, 11) is 1.64. The molecule has 0 spiro atoms. The fourth-order valence-corrected chi connectivity index (χ4v) is 3.73. The van der Waals surface area contributed by atoms with Crippen molar-refractivity contribution in [3.8, 4) is 0 Å². The third-order valence-corrected chi connectivity index (χ3v) is 5.03. The lowest BCUT2D eigenvalue weighted by atomic mass is 9.97. The molecule has 1 fully saturated rings. The van der Waals surface area contributed by atoms with Crippen molar-refractivity contribution in [2.24, 2.45) is 0 Å². The summed E-state index contributed by atoms with van der Waals surface area (Å²) >= 11 is 7.18. The fraction of sp³-hybridized carbons (Fsp3) is 0.571. The fourth-order valence-electron chi connectivity index (χ4n) is 2.67. The molecule has 4 nitrogen and oxygen atoms in total. The van der Waals surface area contributed by atoms with E-state index in [1.54, 1.807) is 19.2 Å². The van der Waals surface area contributed by atoms with Crippen LogP contribution in [0.25, 0.3) is 0 Å². The molecule has 2 rings (SSSR count). The zero-order valence-corrected chi connectivity index (χ0v) is 13.3. The maximum Gasteiger partial charge on any atom is 0.237 e. The molecule has 1 aromatic rings. The number of nitrogens with one attached hydrogen (secondary N) is 1. The summed E-state index contributed by atoms with van der Waals surface area (Å²) in [6, 6.07) is 2.99. The first-order valence-corrected chi connectivity index (χ1v) is 8.01. The van der Waals surface area contributed by atoms with Gasteiger partial charge in [0.15, 0.2) is 5.78 Å². The van der Waals surface area contributed by atoms with Crippen LogP contribution in [0.4, 0.5) is 0 Å². The molecule has 1 aliphatic rings. The molecule has 6 heteroatoms. The van der Waals surface area contributed by atoms with Crippen molar-refractivity contribution in [1.82, 2.24) is 10.2 Å². The molecule has 0 aromatic carbocycles. The van der Waals surface area contributed by atoms with E-state index < -0.39 is 0 Å². The normalized spacial score (nSPS) is 21.4. The highest BCUT2D eigenvalue weighted by molar-refractivity contribution is 7.18. The van der Waals surface area contributed by atoms with Crippen molar-refractivity contribution in [3.05, 3.63) is 21.3 Å². The van der Waals surface area contributed by atoms with Gasteiger partial charge in [0.05, 0.1) is 21.3 Å². The quantitative estimate of drug-likeness (QED) is 0.869. The SMILES string of the molecule is CNC(=O)C1CCCCN1C(C)C(=O)c1ccc(Cl)s1.